The molecule has 0 amide bonds. The summed E-state index contributed by atoms with van der Waals surface area (Å²) < 4.78 is 6.77. The molecule has 1 N–H and O–H groups in total. The van der Waals surface area contributed by atoms with Gasteiger partial charge in [0, 0.05) is 11.6 Å². The van der Waals surface area contributed by atoms with Gasteiger partial charge in [0.05, 0.1) is 18.5 Å². The Balaban J connectivity index is 2.17. The molecule has 1 aromatic carbocycles. The number of ether oxygens (including phenoxy) is 1. The van der Waals surface area contributed by atoms with Crippen LogP contribution in [-0.4, -0.2) is 27.1 Å². The van der Waals surface area contributed by atoms with Crippen LogP contribution in [0.5, 0.6) is 5.75 Å². The van der Waals surface area contributed by atoms with Gasteiger partial charge in [-0.3, -0.25) is 4.79 Å². The van der Waals surface area contributed by atoms with Crippen molar-refractivity contribution in [3.63, 3.8) is 0 Å². The number of benzene rings is 1. The third kappa shape index (κ3) is 1.87. The van der Waals surface area contributed by atoms with Crippen LogP contribution >= 0.6 is 0 Å². The van der Waals surface area contributed by atoms with Gasteiger partial charge < -0.3 is 4.74 Å². The maximum Gasteiger partial charge on any atom is 0.292 e. The highest BCUT2D eigenvalue weighted by Crippen LogP contribution is 2.17. The largest absolute Gasteiger partial charge is 0.497 e. The van der Waals surface area contributed by atoms with Crippen LogP contribution in [0, 0.1) is 6.92 Å². The normalized spacial score (nSPS) is 10.8. The summed E-state index contributed by atoms with van der Waals surface area (Å²) in [6.07, 6.45) is 1.80. The molecule has 2 heterocycles. The zero-order valence-electron chi connectivity index (χ0n) is 10.5. The molecule has 96 valence electrons. The maximum atomic E-state index is 11.7. The lowest BCUT2D eigenvalue weighted by Crippen LogP contribution is -2.09. The second-order valence-corrected chi connectivity index (χ2v) is 4.17. The minimum absolute atomic E-state index is 0.284. The van der Waals surface area contributed by atoms with Gasteiger partial charge in [0.1, 0.15) is 5.75 Å². The monoisotopic (exact) mass is 256 g/mol. The van der Waals surface area contributed by atoms with E-state index in [4.69, 9.17) is 4.74 Å². The third-order valence-corrected chi connectivity index (χ3v) is 2.98. The molecule has 0 aliphatic heterocycles. The summed E-state index contributed by atoms with van der Waals surface area (Å²) in [5.41, 5.74) is 1.71. The van der Waals surface area contributed by atoms with Crippen molar-refractivity contribution >= 4 is 10.9 Å². The van der Waals surface area contributed by atoms with Crippen LogP contribution in [0.3, 0.4) is 0 Å². The second-order valence-electron chi connectivity index (χ2n) is 4.17. The molecule has 0 aliphatic rings. The van der Waals surface area contributed by atoms with E-state index in [9.17, 15) is 4.79 Å². The van der Waals surface area contributed by atoms with Gasteiger partial charge in [-0.25, -0.2) is 9.78 Å². The Kier molecular flexibility index (Phi) is 2.56. The minimum atomic E-state index is -0.284. The number of methoxy groups -OCH3 is 1. The van der Waals surface area contributed by atoms with E-state index in [2.05, 4.69) is 15.3 Å². The highest BCUT2D eigenvalue weighted by Gasteiger charge is 2.09. The van der Waals surface area contributed by atoms with Gasteiger partial charge in [-0.15, -0.1) is 0 Å². The van der Waals surface area contributed by atoms with Crippen molar-refractivity contribution in [2.45, 2.75) is 6.92 Å². The van der Waals surface area contributed by atoms with E-state index in [1.165, 1.54) is 0 Å². The molecule has 0 saturated carbocycles. The molecule has 6 nitrogen and oxygen atoms in total. The Morgan fingerprint density at radius 2 is 2.00 bits per heavy atom. The molecule has 3 aromatic rings. The molecular weight excluding hydrogens is 244 g/mol. The third-order valence-electron chi connectivity index (χ3n) is 2.98. The number of nitrogens with zero attached hydrogens (tertiary/aromatic N) is 3. The Morgan fingerprint density at radius 1 is 1.26 bits per heavy atom. The molecule has 0 unspecified atom stereocenters. The first-order valence-corrected chi connectivity index (χ1v) is 5.78. The number of hydrogen-bond donors (Lipinski definition) is 1. The summed E-state index contributed by atoms with van der Waals surface area (Å²) in [7, 11) is 1.62. The van der Waals surface area contributed by atoms with Gasteiger partial charge in [-0.1, -0.05) is 0 Å². The fraction of sp³-hybridized carbons (Fsp3) is 0.154. The van der Waals surface area contributed by atoms with Gasteiger partial charge >= 0.3 is 0 Å². The molecule has 0 saturated heterocycles. The van der Waals surface area contributed by atoms with Crippen molar-refractivity contribution in [3.8, 4) is 11.4 Å². The predicted molar refractivity (Wildman–Crippen MR) is 70.8 cm³/mol. The van der Waals surface area contributed by atoms with Crippen LogP contribution in [0.1, 0.15) is 5.69 Å². The molecule has 0 radical (unpaired) electrons. The van der Waals surface area contributed by atoms with Gasteiger partial charge in [0.25, 0.3) is 5.56 Å². The number of nitrogens with one attached hydrogen (secondary N) is 1. The van der Waals surface area contributed by atoms with Crippen molar-refractivity contribution in [2.24, 2.45) is 0 Å². The lowest BCUT2D eigenvalue weighted by Gasteiger charge is -2.02. The lowest BCUT2D eigenvalue weighted by molar-refractivity contribution is 0.414. The second kappa shape index (κ2) is 4.24. The molecule has 3 rings (SSSR count). The number of aromatic nitrogens is 4. The van der Waals surface area contributed by atoms with Gasteiger partial charge in [0.15, 0.2) is 5.52 Å². The molecule has 19 heavy (non-hydrogen) atoms. The minimum Gasteiger partial charge on any atom is -0.497 e. The number of rotatable bonds is 2. The quantitative estimate of drug-likeness (QED) is 0.752. The Hall–Kier alpha value is -2.63. The maximum absolute atomic E-state index is 11.7. The Morgan fingerprint density at radius 3 is 2.63 bits per heavy atom. The summed E-state index contributed by atoms with van der Waals surface area (Å²) in [6.45, 7) is 1.83. The van der Waals surface area contributed by atoms with E-state index >= 15 is 0 Å². The summed E-state index contributed by atoms with van der Waals surface area (Å²) in [6, 6.07) is 7.44. The van der Waals surface area contributed by atoms with Gasteiger partial charge in [0.2, 0.25) is 0 Å². The van der Waals surface area contributed by atoms with Gasteiger partial charge in [-0.05, 0) is 31.2 Å². The van der Waals surface area contributed by atoms with E-state index in [1.54, 1.807) is 18.0 Å². The van der Waals surface area contributed by atoms with Crippen LogP contribution < -0.4 is 10.3 Å². The van der Waals surface area contributed by atoms with E-state index in [-0.39, 0.29) is 5.56 Å². The SMILES string of the molecule is COc1ccc(-n2cc3c(C)n[nH]c(=O)c3n2)cc1. The first-order chi connectivity index (χ1) is 9.19. The van der Waals surface area contributed by atoms with Crippen LogP contribution in [0.25, 0.3) is 16.6 Å². The number of H-pyrrole nitrogens is 1. The molecule has 0 spiro atoms. The van der Waals surface area contributed by atoms with Crippen molar-refractivity contribution < 1.29 is 4.74 Å². The molecule has 2 aromatic heterocycles. The highest BCUT2D eigenvalue weighted by atomic mass is 16.5. The van der Waals surface area contributed by atoms with Crippen LogP contribution in [0.2, 0.25) is 0 Å². The molecule has 0 fully saturated rings. The van der Waals surface area contributed by atoms with Crippen molar-refractivity contribution in [2.75, 3.05) is 7.11 Å². The van der Waals surface area contributed by atoms with E-state index in [1.807, 2.05) is 31.2 Å². The Bertz CT molecular complexity index is 787. The molecule has 0 bridgehead atoms. The van der Waals surface area contributed by atoms with Gasteiger partial charge in [-0.2, -0.15) is 10.2 Å². The zero-order valence-corrected chi connectivity index (χ0v) is 10.5. The van der Waals surface area contributed by atoms with Crippen LogP contribution in [0.4, 0.5) is 0 Å². The molecule has 0 atom stereocenters. The fourth-order valence-corrected chi connectivity index (χ4v) is 1.92. The number of fused-ring (bicyclic) bond motifs is 1. The first kappa shape index (κ1) is 11.5. The molecular formula is C13H12N4O2. The van der Waals surface area contributed by atoms with Crippen molar-refractivity contribution in [1.82, 2.24) is 20.0 Å². The average Bonchev–Trinajstić information content (AvgIpc) is 2.89. The lowest BCUT2D eigenvalue weighted by atomic mass is 10.3. The van der Waals surface area contributed by atoms with Crippen LogP contribution in [-0.2, 0) is 0 Å². The average molecular weight is 256 g/mol. The number of hydrogen-bond acceptors (Lipinski definition) is 4. The smallest absolute Gasteiger partial charge is 0.292 e. The number of aryl methyl sites for hydroxylation is 1. The zero-order chi connectivity index (χ0) is 13.4. The van der Waals surface area contributed by atoms with E-state index < -0.39 is 0 Å². The Labute approximate surface area is 108 Å². The summed E-state index contributed by atoms with van der Waals surface area (Å²) in [5.74, 6) is 0.774. The predicted octanol–water partition coefficient (Wildman–Crippen LogP) is 1.43. The summed E-state index contributed by atoms with van der Waals surface area (Å²) in [5, 5.41) is 11.4. The first-order valence-electron chi connectivity index (χ1n) is 5.78. The van der Waals surface area contributed by atoms with E-state index in [0.717, 1.165) is 22.5 Å². The van der Waals surface area contributed by atoms with Crippen molar-refractivity contribution in [1.29, 1.82) is 0 Å². The van der Waals surface area contributed by atoms with Crippen molar-refractivity contribution in [3.05, 3.63) is 46.5 Å². The summed E-state index contributed by atoms with van der Waals surface area (Å²) in [4.78, 5) is 11.7. The van der Waals surface area contributed by atoms with Crippen LogP contribution in [0.15, 0.2) is 35.3 Å². The standard InChI is InChI=1S/C13H12N4O2/c1-8-11-7-17(16-12(11)13(18)15-14-8)9-3-5-10(19-2)6-4-9/h3-7H,1-2H3,(H,15,18). The van der Waals surface area contributed by atoms with E-state index in [0.29, 0.717) is 5.52 Å². The fourth-order valence-electron chi connectivity index (χ4n) is 1.92. The summed E-state index contributed by atoms with van der Waals surface area (Å²) >= 11 is 0. The molecule has 0 aliphatic carbocycles. The number of aromatic amines is 1. The molecule has 6 heteroatoms. The highest BCUT2D eigenvalue weighted by molar-refractivity contribution is 5.79. The topological polar surface area (TPSA) is 72.8 Å².